The lowest BCUT2D eigenvalue weighted by Crippen LogP contribution is -2.48. The topological polar surface area (TPSA) is 102 Å². The third kappa shape index (κ3) is 3.82. The van der Waals surface area contributed by atoms with Crippen LogP contribution in [0, 0.1) is 0 Å². The molecule has 2 N–H and O–H groups in total. The normalized spacial score (nSPS) is 22.4. The summed E-state index contributed by atoms with van der Waals surface area (Å²) in [6.07, 6.45) is 5.19. The fourth-order valence-electron chi connectivity index (χ4n) is 5.31. The molecule has 10 heteroatoms. The van der Waals surface area contributed by atoms with E-state index in [1.165, 1.54) is 6.07 Å². The Labute approximate surface area is 201 Å². The minimum absolute atomic E-state index is 0.149. The number of hydrogen-bond donors (Lipinski definition) is 2. The maximum atomic E-state index is 12.4. The smallest absolute Gasteiger partial charge is 0.251 e. The Balaban J connectivity index is 1.09. The molecule has 3 aromatic rings. The Kier molecular flexibility index (Phi) is 5.44. The molecule has 1 unspecified atom stereocenters. The predicted octanol–water partition coefficient (Wildman–Crippen LogP) is 1.67. The van der Waals surface area contributed by atoms with Gasteiger partial charge in [0, 0.05) is 43.0 Å². The van der Waals surface area contributed by atoms with Crippen LogP contribution >= 0.6 is 11.6 Å². The quantitative estimate of drug-likeness (QED) is 0.565. The number of hydrogen-bond acceptors (Lipinski definition) is 8. The Morgan fingerprint density at radius 1 is 1.15 bits per heavy atom. The van der Waals surface area contributed by atoms with E-state index in [4.69, 9.17) is 21.1 Å². The monoisotopic (exact) mass is 483 g/mol. The van der Waals surface area contributed by atoms with Gasteiger partial charge in [0.1, 0.15) is 18.8 Å². The van der Waals surface area contributed by atoms with E-state index < -0.39 is 5.60 Å². The van der Waals surface area contributed by atoms with Crippen molar-refractivity contribution in [2.24, 2.45) is 0 Å². The molecule has 1 saturated heterocycles. The maximum Gasteiger partial charge on any atom is 0.251 e. The molecule has 0 bridgehead atoms. The van der Waals surface area contributed by atoms with Crippen LogP contribution in [0.4, 0.5) is 0 Å². The summed E-state index contributed by atoms with van der Waals surface area (Å²) < 4.78 is 12.8. The molecule has 0 aromatic carbocycles. The van der Waals surface area contributed by atoms with Crippen LogP contribution in [0.15, 0.2) is 35.4 Å². The van der Waals surface area contributed by atoms with Gasteiger partial charge in [-0.2, -0.15) is 0 Å². The van der Waals surface area contributed by atoms with Crippen LogP contribution in [0.25, 0.3) is 11.0 Å². The predicted molar refractivity (Wildman–Crippen MR) is 126 cm³/mol. The van der Waals surface area contributed by atoms with E-state index in [0.717, 1.165) is 37.4 Å². The molecule has 3 aromatic heterocycles. The summed E-state index contributed by atoms with van der Waals surface area (Å²) in [4.78, 5) is 23.5. The van der Waals surface area contributed by atoms with Crippen LogP contribution in [0.1, 0.15) is 24.1 Å². The molecule has 178 valence electrons. The zero-order chi connectivity index (χ0) is 23.3. The van der Waals surface area contributed by atoms with Gasteiger partial charge in [-0.05, 0) is 32.0 Å². The molecule has 9 nitrogen and oxygen atoms in total. The number of aromatic nitrogens is 3. The number of piperidine rings is 1. The van der Waals surface area contributed by atoms with Gasteiger partial charge in [-0.1, -0.05) is 11.6 Å². The molecule has 6 heterocycles. The standard InChI is InChI=1S/C24H26ClN5O4/c25-17-11-28-18-1-2-21(31)30-14-24(32,22(17)23(18)30)13-29-5-3-15(4-6-29)26-10-16-9-19-20(12-27-16)34-8-7-33-19/h1-2,9,11-12,15,26,32H,3-8,10,13-14H2. The lowest BCUT2D eigenvalue weighted by Gasteiger charge is -2.37. The molecule has 6 rings (SSSR count). The molecule has 0 aliphatic carbocycles. The van der Waals surface area contributed by atoms with Crippen LogP contribution in [0.2, 0.25) is 5.02 Å². The third-order valence-electron chi connectivity index (χ3n) is 6.97. The number of ether oxygens (including phenoxy) is 2. The first-order valence-corrected chi connectivity index (χ1v) is 12.0. The summed E-state index contributed by atoms with van der Waals surface area (Å²) in [6, 6.07) is 5.48. The van der Waals surface area contributed by atoms with Crippen LogP contribution < -0.4 is 20.3 Å². The molecule has 3 aliphatic rings. The average molecular weight is 484 g/mol. The van der Waals surface area contributed by atoms with E-state index in [9.17, 15) is 9.90 Å². The first-order valence-electron chi connectivity index (χ1n) is 11.6. The van der Waals surface area contributed by atoms with Crippen LogP contribution in [0.5, 0.6) is 11.5 Å². The molecule has 0 spiro atoms. The fourth-order valence-corrected chi connectivity index (χ4v) is 5.62. The zero-order valence-corrected chi connectivity index (χ0v) is 19.4. The number of fused-ring (bicyclic) bond motifs is 1. The summed E-state index contributed by atoms with van der Waals surface area (Å²) in [7, 11) is 0. The van der Waals surface area contributed by atoms with Gasteiger partial charge in [0.2, 0.25) is 0 Å². The first-order chi connectivity index (χ1) is 16.5. The summed E-state index contributed by atoms with van der Waals surface area (Å²) in [5.41, 5.74) is 1.48. The number of likely N-dealkylation sites (tertiary alicyclic amines) is 1. The zero-order valence-electron chi connectivity index (χ0n) is 18.7. The fraction of sp³-hybridized carbons (Fsp3) is 0.458. The summed E-state index contributed by atoms with van der Waals surface area (Å²) in [6.45, 7) is 4.07. The summed E-state index contributed by atoms with van der Waals surface area (Å²) >= 11 is 6.47. The van der Waals surface area contributed by atoms with E-state index in [1.54, 1.807) is 23.0 Å². The molecule has 0 radical (unpaired) electrons. The number of rotatable bonds is 5. The highest BCUT2D eigenvalue weighted by Gasteiger charge is 2.42. The van der Waals surface area contributed by atoms with E-state index in [0.29, 0.717) is 59.7 Å². The third-order valence-corrected chi connectivity index (χ3v) is 7.26. The van der Waals surface area contributed by atoms with Gasteiger partial charge >= 0.3 is 0 Å². The van der Waals surface area contributed by atoms with Gasteiger partial charge in [-0.25, -0.2) is 0 Å². The molecule has 0 amide bonds. The minimum Gasteiger partial charge on any atom is -0.486 e. The van der Waals surface area contributed by atoms with Crippen molar-refractivity contribution in [1.29, 1.82) is 0 Å². The number of β-amino-alcohol motifs (C(OH)–C–C–N with tert-alkyl or cyclic N) is 1. The van der Waals surface area contributed by atoms with Gasteiger partial charge in [0.05, 0.1) is 34.5 Å². The Morgan fingerprint density at radius 3 is 2.76 bits per heavy atom. The van der Waals surface area contributed by atoms with Crippen molar-refractivity contribution in [3.05, 3.63) is 57.2 Å². The summed E-state index contributed by atoms with van der Waals surface area (Å²) in [5, 5.41) is 15.6. The Bertz CT molecular complexity index is 1310. The number of halogens is 1. The molecule has 34 heavy (non-hydrogen) atoms. The van der Waals surface area contributed by atoms with Crippen molar-refractivity contribution >= 4 is 22.6 Å². The average Bonchev–Trinajstić information content (AvgIpc) is 3.17. The molecule has 0 saturated carbocycles. The van der Waals surface area contributed by atoms with Gasteiger partial charge in [0.15, 0.2) is 11.5 Å². The largest absolute Gasteiger partial charge is 0.486 e. The number of nitrogens with one attached hydrogen (secondary N) is 1. The van der Waals surface area contributed by atoms with Gasteiger partial charge < -0.3 is 24.5 Å². The van der Waals surface area contributed by atoms with E-state index in [-0.39, 0.29) is 12.1 Å². The number of aliphatic hydroxyl groups is 1. The van der Waals surface area contributed by atoms with Crippen molar-refractivity contribution < 1.29 is 14.6 Å². The van der Waals surface area contributed by atoms with Crippen molar-refractivity contribution in [1.82, 2.24) is 24.8 Å². The van der Waals surface area contributed by atoms with Crippen LogP contribution in [0.3, 0.4) is 0 Å². The number of nitrogens with zero attached hydrogens (tertiary/aromatic N) is 4. The minimum atomic E-state index is -1.22. The Hall–Kier alpha value is -2.72. The second-order valence-electron chi connectivity index (χ2n) is 9.25. The van der Waals surface area contributed by atoms with E-state index in [2.05, 4.69) is 20.2 Å². The highest BCUT2D eigenvalue weighted by molar-refractivity contribution is 6.32. The van der Waals surface area contributed by atoms with E-state index >= 15 is 0 Å². The van der Waals surface area contributed by atoms with Crippen LogP contribution in [-0.2, 0) is 18.7 Å². The van der Waals surface area contributed by atoms with Gasteiger partial charge in [-0.3, -0.25) is 19.7 Å². The lowest BCUT2D eigenvalue weighted by atomic mass is 9.94. The van der Waals surface area contributed by atoms with Crippen molar-refractivity contribution in [3.63, 3.8) is 0 Å². The molecular formula is C24H26ClN5O4. The van der Waals surface area contributed by atoms with Gasteiger partial charge in [0.25, 0.3) is 5.56 Å². The molecule has 1 fully saturated rings. The van der Waals surface area contributed by atoms with Crippen LogP contribution in [-0.4, -0.2) is 63.4 Å². The second-order valence-corrected chi connectivity index (χ2v) is 9.66. The second kappa shape index (κ2) is 8.49. The molecule has 3 aliphatic heterocycles. The Morgan fingerprint density at radius 2 is 1.94 bits per heavy atom. The summed E-state index contributed by atoms with van der Waals surface area (Å²) in [5.74, 6) is 1.45. The maximum absolute atomic E-state index is 12.4. The van der Waals surface area contributed by atoms with Crippen molar-refractivity contribution in [3.8, 4) is 11.5 Å². The molecular weight excluding hydrogens is 458 g/mol. The highest BCUT2D eigenvalue weighted by Crippen LogP contribution is 2.40. The van der Waals surface area contributed by atoms with Crippen molar-refractivity contribution in [2.75, 3.05) is 32.8 Å². The van der Waals surface area contributed by atoms with E-state index in [1.807, 2.05) is 6.07 Å². The number of pyridine rings is 3. The molecule has 1 atom stereocenters. The lowest BCUT2D eigenvalue weighted by molar-refractivity contribution is -0.0135. The first kappa shape index (κ1) is 21.8. The SMILES string of the molecule is O=c1ccc2ncc(Cl)c3c2n1CC3(O)CN1CCC(NCc2cc3c(cn2)OCCO3)CC1. The highest BCUT2D eigenvalue weighted by atomic mass is 35.5. The van der Waals surface area contributed by atoms with Gasteiger partial charge in [-0.15, -0.1) is 0 Å². The van der Waals surface area contributed by atoms with Crippen molar-refractivity contribution in [2.45, 2.75) is 37.6 Å².